The maximum absolute atomic E-state index is 11.9. The van der Waals surface area contributed by atoms with E-state index in [1.54, 1.807) is 0 Å². The van der Waals surface area contributed by atoms with Crippen LogP contribution in [0.5, 0.6) is 0 Å². The van der Waals surface area contributed by atoms with Gasteiger partial charge in [0, 0.05) is 25.7 Å². The molecule has 0 radical (unpaired) electrons. The van der Waals surface area contributed by atoms with E-state index in [9.17, 15) is 9.59 Å². The van der Waals surface area contributed by atoms with Crippen molar-refractivity contribution in [1.82, 2.24) is 0 Å². The first-order valence-corrected chi connectivity index (χ1v) is 10.6. The molecular weight excluding hydrogens is 344 g/mol. The minimum Gasteiger partial charge on any atom is -0.466 e. The maximum Gasteiger partial charge on any atom is 0.306 e. The Bertz CT molecular complexity index is 415. The molecular formula is C22H42O5. The molecule has 0 fully saturated rings. The van der Waals surface area contributed by atoms with Crippen LogP contribution in [0.4, 0.5) is 0 Å². The van der Waals surface area contributed by atoms with Gasteiger partial charge in [-0.3, -0.25) is 9.59 Å². The predicted octanol–water partition coefficient (Wildman–Crippen LogP) is 5.59. The van der Waals surface area contributed by atoms with Crippen molar-refractivity contribution in [2.24, 2.45) is 0 Å². The van der Waals surface area contributed by atoms with Gasteiger partial charge in [-0.25, -0.2) is 0 Å². The van der Waals surface area contributed by atoms with Crippen LogP contribution >= 0.6 is 0 Å². The summed E-state index contributed by atoms with van der Waals surface area (Å²) in [7, 11) is 0. The van der Waals surface area contributed by atoms with Crippen LogP contribution in [0.1, 0.15) is 106 Å². The van der Waals surface area contributed by atoms with Gasteiger partial charge >= 0.3 is 11.9 Å². The standard InChI is InChI=1S/C22H42O5/c1-7-9-11-13-19(23)25-17-15-21(3,4)26-18-16-22(5,6)27-20(24)14-12-10-8-2/h7-18H2,1-6H3. The molecule has 0 N–H and O–H groups in total. The van der Waals surface area contributed by atoms with Gasteiger partial charge in [-0.1, -0.05) is 39.5 Å². The van der Waals surface area contributed by atoms with Crippen molar-refractivity contribution < 1.29 is 23.8 Å². The van der Waals surface area contributed by atoms with Crippen molar-refractivity contribution in [3.05, 3.63) is 0 Å². The normalized spacial score (nSPS) is 12.1. The lowest BCUT2D eigenvalue weighted by molar-refractivity contribution is -0.159. The molecule has 0 unspecified atom stereocenters. The minimum atomic E-state index is -0.537. The zero-order valence-corrected chi connectivity index (χ0v) is 18.5. The average Bonchev–Trinajstić information content (AvgIpc) is 2.54. The third-order valence-corrected chi connectivity index (χ3v) is 4.52. The van der Waals surface area contributed by atoms with Gasteiger partial charge in [-0.15, -0.1) is 0 Å². The fourth-order valence-corrected chi connectivity index (χ4v) is 2.58. The van der Waals surface area contributed by atoms with Crippen LogP contribution in [0.3, 0.4) is 0 Å². The van der Waals surface area contributed by atoms with E-state index >= 15 is 0 Å². The third kappa shape index (κ3) is 15.6. The van der Waals surface area contributed by atoms with Crippen LogP contribution in [0.25, 0.3) is 0 Å². The molecule has 0 saturated heterocycles. The van der Waals surface area contributed by atoms with Crippen LogP contribution in [0.2, 0.25) is 0 Å². The Balaban J connectivity index is 4.00. The second-order valence-corrected chi connectivity index (χ2v) is 8.48. The average molecular weight is 387 g/mol. The molecule has 0 atom stereocenters. The third-order valence-electron chi connectivity index (χ3n) is 4.52. The Hall–Kier alpha value is -1.10. The van der Waals surface area contributed by atoms with Crippen molar-refractivity contribution in [2.45, 2.75) is 117 Å². The fraction of sp³-hybridized carbons (Fsp3) is 0.909. The largest absolute Gasteiger partial charge is 0.466 e. The Morgan fingerprint density at radius 2 is 1.22 bits per heavy atom. The minimum absolute atomic E-state index is 0.129. The van der Waals surface area contributed by atoms with Crippen LogP contribution in [-0.4, -0.2) is 36.4 Å². The number of rotatable bonds is 16. The van der Waals surface area contributed by atoms with E-state index in [1.807, 2.05) is 27.7 Å². The highest BCUT2D eigenvalue weighted by molar-refractivity contribution is 5.69. The highest BCUT2D eigenvalue weighted by Gasteiger charge is 2.25. The Kier molecular flexibility index (Phi) is 13.4. The van der Waals surface area contributed by atoms with Gasteiger partial charge in [0.25, 0.3) is 0 Å². The molecule has 0 aliphatic carbocycles. The van der Waals surface area contributed by atoms with Gasteiger partial charge in [0.15, 0.2) is 0 Å². The molecule has 5 heteroatoms. The van der Waals surface area contributed by atoms with Gasteiger partial charge in [-0.05, 0) is 40.5 Å². The van der Waals surface area contributed by atoms with Crippen molar-refractivity contribution in [3.63, 3.8) is 0 Å². The highest BCUT2D eigenvalue weighted by atomic mass is 16.6. The summed E-state index contributed by atoms with van der Waals surface area (Å²) in [6.45, 7) is 12.9. The molecule has 0 saturated carbocycles. The summed E-state index contributed by atoms with van der Waals surface area (Å²) in [5, 5.41) is 0. The zero-order chi connectivity index (χ0) is 20.8. The molecule has 0 heterocycles. The number of hydrogen-bond donors (Lipinski definition) is 0. The molecule has 160 valence electrons. The van der Waals surface area contributed by atoms with Crippen LogP contribution < -0.4 is 0 Å². The molecule has 0 amide bonds. The van der Waals surface area contributed by atoms with Crippen LogP contribution in [-0.2, 0) is 23.8 Å². The lowest BCUT2D eigenvalue weighted by Crippen LogP contribution is -2.33. The van der Waals surface area contributed by atoms with Gasteiger partial charge < -0.3 is 14.2 Å². The number of carbonyl (C=O) groups is 2. The lowest BCUT2D eigenvalue weighted by atomic mass is 10.0. The molecule has 0 bridgehead atoms. The molecule has 0 aromatic heterocycles. The van der Waals surface area contributed by atoms with E-state index in [4.69, 9.17) is 14.2 Å². The molecule has 0 aliphatic rings. The fourth-order valence-electron chi connectivity index (χ4n) is 2.58. The van der Waals surface area contributed by atoms with Gasteiger partial charge in [-0.2, -0.15) is 0 Å². The van der Waals surface area contributed by atoms with Crippen LogP contribution in [0.15, 0.2) is 0 Å². The number of esters is 2. The summed E-state index contributed by atoms with van der Waals surface area (Å²) in [5.41, 5.74) is -0.921. The van der Waals surface area contributed by atoms with E-state index in [2.05, 4.69) is 13.8 Å². The number of unbranched alkanes of at least 4 members (excludes halogenated alkanes) is 4. The number of carbonyl (C=O) groups excluding carboxylic acids is 2. The second-order valence-electron chi connectivity index (χ2n) is 8.48. The Morgan fingerprint density at radius 3 is 1.78 bits per heavy atom. The number of ether oxygens (including phenoxy) is 3. The molecule has 27 heavy (non-hydrogen) atoms. The summed E-state index contributed by atoms with van der Waals surface area (Å²) in [6.07, 6.45) is 8.31. The molecule has 0 aromatic rings. The zero-order valence-electron chi connectivity index (χ0n) is 18.5. The molecule has 0 rings (SSSR count). The van der Waals surface area contributed by atoms with E-state index in [-0.39, 0.29) is 17.5 Å². The Morgan fingerprint density at radius 1 is 0.704 bits per heavy atom. The summed E-state index contributed by atoms with van der Waals surface area (Å²) >= 11 is 0. The van der Waals surface area contributed by atoms with Gasteiger partial charge in [0.05, 0.1) is 18.8 Å². The first-order chi connectivity index (χ1) is 12.6. The quantitative estimate of drug-likeness (QED) is 0.256. The smallest absolute Gasteiger partial charge is 0.306 e. The Labute approximate surface area is 166 Å². The molecule has 5 nitrogen and oxygen atoms in total. The van der Waals surface area contributed by atoms with Crippen molar-refractivity contribution in [3.8, 4) is 0 Å². The van der Waals surface area contributed by atoms with E-state index < -0.39 is 5.60 Å². The topological polar surface area (TPSA) is 61.8 Å². The van der Waals surface area contributed by atoms with E-state index in [0.717, 1.165) is 38.5 Å². The van der Waals surface area contributed by atoms with Crippen molar-refractivity contribution >= 4 is 11.9 Å². The highest BCUT2D eigenvalue weighted by Crippen LogP contribution is 2.20. The van der Waals surface area contributed by atoms with Crippen molar-refractivity contribution in [1.29, 1.82) is 0 Å². The molecule has 0 aliphatic heterocycles. The lowest BCUT2D eigenvalue weighted by Gasteiger charge is -2.29. The summed E-state index contributed by atoms with van der Waals surface area (Å²) < 4.78 is 16.8. The van der Waals surface area contributed by atoms with E-state index in [1.165, 1.54) is 0 Å². The van der Waals surface area contributed by atoms with E-state index in [0.29, 0.717) is 38.9 Å². The summed E-state index contributed by atoms with van der Waals surface area (Å²) in [5.74, 6) is -0.266. The van der Waals surface area contributed by atoms with Crippen LogP contribution in [0, 0.1) is 0 Å². The summed E-state index contributed by atoms with van der Waals surface area (Å²) in [6, 6.07) is 0. The molecule has 0 aromatic carbocycles. The first kappa shape index (κ1) is 25.9. The van der Waals surface area contributed by atoms with Gasteiger partial charge in [0.2, 0.25) is 0 Å². The van der Waals surface area contributed by atoms with Gasteiger partial charge in [0.1, 0.15) is 5.60 Å². The first-order valence-electron chi connectivity index (χ1n) is 10.6. The number of hydrogen-bond acceptors (Lipinski definition) is 5. The predicted molar refractivity (Wildman–Crippen MR) is 109 cm³/mol. The molecule has 0 spiro atoms. The summed E-state index contributed by atoms with van der Waals surface area (Å²) in [4.78, 5) is 23.5. The SMILES string of the molecule is CCCCCC(=O)OCCC(C)(C)OCCC(C)(C)OC(=O)CCCCC. The second kappa shape index (κ2) is 14.0. The maximum atomic E-state index is 11.9. The monoisotopic (exact) mass is 386 g/mol. The van der Waals surface area contributed by atoms with Crippen molar-refractivity contribution in [2.75, 3.05) is 13.2 Å².